The van der Waals surface area contributed by atoms with Crippen molar-refractivity contribution in [1.82, 2.24) is 20.4 Å². The van der Waals surface area contributed by atoms with Gasteiger partial charge in [0.2, 0.25) is 5.89 Å². The molecule has 1 saturated heterocycles. The number of ether oxygens (including phenoxy) is 1. The van der Waals surface area contributed by atoms with E-state index in [0.29, 0.717) is 11.7 Å². The summed E-state index contributed by atoms with van der Waals surface area (Å²) in [6.45, 7) is 6.38. The topological polar surface area (TPSA) is 63.4 Å². The third kappa shape index (κ3) is 4.07. The number of aryl methyl sites for hydroxylation is 1. The zero-order valence-electron chi connectivity index (χ0n) is 10.5. The quantitative estimate of drug-likeness (QED) is 0.722. The fourth-order valence-corrected chi connectivity index (χ4v) is 1.89. The van der Waals surface area contributed by atoms with Crippen LogP contribution in [0.15, 0.2) is 4.52 Å². The smallest absolute Gasteiger partial charge is 0.227 e. The summed E-state index contributed by atoms with van der Waals surface area (Å²) in [5.41, 5.74) is 0. The minimum absolute atomic E-state index is 0.290. The molecule has 17 heavy (non-hydrogen) atoms. The predicted octanol–water partition coefficient (Wildman–Crippen LogP) is -0.159. The van der Waals surface area contributed by atoms with Crippen LogP contribution in [-0.2, 0) is 11.2 Å². The minimum atomic E-state index is 0.290. The molecular formula is C11H20N4O2. The summed E-state index contributed by atoms with van der Waals surface area (Å²) >= 11 is 0. The Labute approximate surface area is 101 Å². The van der Waals surface area contributed by atoms with Crippen LogP contribution in [0.1, 0.15) is 11.7 Å². The summed E-state index contributed by atoms with van der Waals surface area (Å²) in [4.78, 5) is 6.44. The van der Waals surface area contributed by atoms with Crippen molar-refractivity contribution in [2.24, 2.45) is 0 Å². The van der Waals surface area contributed by atoms with E-state index in [0.717, 1.165) is 39.2 Å². The van der Waals surface area contributed by atoms with Gasteiger partial charge in [-0.1, -0.05) is 5.16 Å². The van der Waals surface area contributed by atoms with Gasteiger partial charge in [0.05, 0.1) is 12.7 Å². The first kappa shape index (κ1) is 12.5. The molecule has 1 atom stereocenters. The molecule has 6 heteroatoms. The Bertz CT molecular complexity index is 342. The van der Waals surface area contributed by atoms with Crippen molar-refractivity contribution in [2.75, 3.05) is 39.8 Å². The van der Waals surface area contributed by atoms with Crippen molar-refractivity contribution < 1.29 is 9.26 Å². The molecule has 1 unspecified atom stereocenters. The molecule has 0 radical (unpaired) electrons. The first-order valence-corrected chi connectivity index (χ1v) is 6.04. The first-order chi connectivity index (χ1) is 8.24. The lowest BCUT2D eigenvalue weighted by atomic mass is 10.3. The van der Waals surface area contributed by atoms with E-state index in [1.54, 1.807) is 0 Å². The molecule has 0 amide bonds. The molecule has 1 aliphatic heterocycles. The van der Waals surface area contributed by atoms with E-state index >= 15 is 0 Å². The van der Waals surface area contributed by atoms with E-state index in [1.807, 2.05) is 6.92 Å². The Kier molecular flexibility index (Phi) is 4.47. The predicted molar refractivity (Wildman–Crippen MR) is 62.8 cm³/mol. The van der Waals surface area contributed by atoms with E-state index in [9.17, 15) is 0 Å². The van der Waals surface area contributed by atoms with E-state index in [2.05, 4.69) is 27.4 Å². The summed E-state index contributed by atoms with van der Waals surface area (Å²) < 4.78 is 10.7. The number of nitrogens with one attached hydrogen (secondary N) is 1. The summed E-state index contributed by atoms with van der Waals surface area (Å²) in [5, 5.41) is 7.10. The average molecular weight is 240 g/mol. The second-order valence-corrected chi connectivity index (χ2v) is 4.44. The number of hydrogen-bond donors (Lipinski definition) is 1. The van der Waals surface area contributed by atoms with Crippen LogP contribution in [0, 0.1) is 6.92 Å². The number of nitrogens with zero attached hydrogens (tertiary/aromatic N) is 3. The van der Waals surface area contributed by atoms with Gasteiger partial charge in [-0.15, -0.1) is 0 Å². The summed E-state index contributed by atoms with van der Waals surface area (Å²) in [6, 6.07) is 0. The van der Waals surface area contributed by atoms with Crippen LogP contribution >= 0.6 is 0 Å². The van der Waals surface area contributed by atoms with Crippen LogP contribution in [0.3, 0.4) is 0 Å². The molecular weight excluding hydrogens is 220 g/mol. The van der Waals surface area contributed by atoms with Gasteiger partial charge in [-0.05, 0) is 14.0 Å². The Balaban J connectivity index is 1.59. The van der Waals surface area contributed by atoms with Crippen molar-refractivity contribution in [3.8, 4) is 0 Å². The van der Waals surface area contributed by atoms with Crippen molar-refractivity contribution in [1.29, 1.82) is 0 Å². The average Bonchev–Trinajstić information content (AvgIpc) is 2.71. The maximum Gasteiger partial charge on any atom is 0.227 e. The maximum absolute atomic E-state index is 5.65. The number of aromatic nitrogens is 2. The largest absolute Gasteiger partial charge is 0.374 e. The molecule has 1 fully saturated rings. The molecule has 2 heterocycles. The van der Waals surface area contributed by atoms with Crippen molar-refractivity contribution in [3.05, 3.63) is 11.7 Å². The van der Waals surface area contributed by atoms with Crippen LogP contribution in [0.5, 0.6) is 0 Å². The molecule has 0 aliphatic carbocycles. The molecule has 2 rings (SSSR count). The van der Waals surface area contributed by atoms with Gasteiger partial charge in [0, 0.05) is 32.6 Å². The van der Waals surface area contributed by atoms with Crippen LogP contribution in [-0.4, -0.2) is 61.0 Å². The lowest BCUT2D eigenvalue weighted by molar-refractivity contribution is -0.0179. The van der Waals surface area contributed by atoms with Gasteiger partial charge in [0.1, 0.15) is 0 Å². The van der Waals surface area contributed by atoms with Crippen molar-refractivity contribution in [3.63, 3.8) is 0 Å². The van der Waals surface area contributed by atoms with Gasteiger partial charge in [-0.2, -0.15) is 4.98 Å². The minimum Gasteiger partial charge on any atom is -0.374 e. The molecule has 0 saturated carbocycles. The van der Waals surface area contributed by atoms with Gasteiger partial charge in [0.15, 0.2) is 5.82 Å². The fourth-order valence-electron chi connectivity index (χ4n) is 1.89. The van der Waals surface area contributed by atoms with Gasteiger partial charge in [-0.3, -0.25) is 0 Å². The summed E-state index contributed by atoms with van der Waals surface area (Å²) in [6.07, 6.45) is 1.06. The Morgan fingerprint density at radius 3 is 3.12 bits per heavy atom. The van der Waals surface area contributed by atoms with Gasteiger partial charge in [0.25, 0.3) is 0 Å². The molecule has 0 bridgehead atoms. The molecule has 1 aromatic rings. The normalized spacial score (nSPS) is 21.9. The zero-order valence-corrected chi connectivity index (χ0v) is 10.5. The Morgan fingerprint density at radius 2 is 2.41 bits per heavy atom. The van der Waals surface area contributed by atoms with Gasteiger partial charge < -0.3 is 19.5 Å². The molecule has 0 spiro atoms. The summed E-state index contributed by atoms with van der Waals surface area (Å²) in [7, 11) is 2.12. The number of rotatable bonds is 5. The van der Waals surface area contributed by atoms with Crippen molar-refractivity contribution >= 4 is 0 Å². The van der Waals surface area contributed by atoms with Crippen LogP contribution in [0.2, 0.25) is 0 Å². The van der Waals surface area contributed by atoms with E-state index in [-0.39, 0.29) is 6.10 Å². The van der Waals surface area contributed by atoms with Gasteiger partial charge in [-0.25, -0.2) is 0 Å². The maximum atomic E-state index is 5.65. The van der Waals surface area contributed by atoms with E-state index in [1.165, 1.54) is 0 Å². The SMILES string of the molecule is Cc1noc(CCNCC2CN(C)CCO2)n1. The summed E-state index contributed by atoms with van der Waals surface area (Å²) in [5.74, 6) is 1.38. The third-order valence-corrected chi connectivity index (χ3v) is 2.80. The molecule has 6 nitrogen and oxygen atoms in total. The highest BCUT2D eigenvalue weighted by Gasteiger charge is 2.16. The van der Waals surface area contributed by atoms with Crippen LogP contribution in [0.25, 0.3) is 0 Å². The highest BCUT2D eigenvalue weighted by Crippen LogP contribution is 2.01. The van der Waals surface area contributed by atoms with Gasteiger partial charge >= 0.3 is 0 Å². The van der Waals surface area contributed by atoms with E-state index in [4.69, 9.17) is 9.26 Å². The fraction of sp³-hybridized carbons (Fsp3) is 0.818. The lowest BCUT2D eigenvalue weighted by Crippen LogP contribution is -2.45. The Morgan fingerprint density at radius 1 is 1.53 bits per heavy atom. The monoisotopic (exact) mass is 240 g/mol. The molecule has 1 aliphatic rings. The third-order valence-electron chi connectivity index (χ3n) is 2.80. The highest BCUT2D eigenvalue weighted by atomic mass is 16.5. The molecule has 1 N–H and O–H groups in total. The van der Waals surface area contributed by atoms with Crippen LogP contribution < -0.4 is 5.32 Å². The van der Waals surface area contributed by atoms with E-state index < -0.39 is 0 Å². The highest BCUT2D eigenvalue weighted by molar-refractivity contribution is 4.83. The lowest BCUT2D eigenvalue weighted by Gasteiger charge is -2.30. The second-order valence-electron chi connectivity index (χ2n) is 4.44. The first-order valence-electron chi connectivity index (χ1n) is 6.04. The number of hydrogen-bond acceptors (Lipinski definition) is 6. The Hall–Kier alpha value is -0.980. The molecule has 96 valence electrons. The van der Waals surface area contributed by atoms with Crippen LogP contribution in [0.4, 0.5) is 0 Å². The molecule has 1 aromatic heterocycles. The molecule has 0 aromatic carbocycles. The second kappa shape index (κ2) is 6.09. The standard InChI is InChI=1S/C11H20N4O2/c1-9-13-11(17-14-9)3-4-12-7-10-8-15(2)5-6-16-10/h10,12H,3-8H2,1-2H3. The van der Waals surface area contributed by atoms with Crippen molar-refractivity contribution in [2.45, 2.75) is 19.4 Å². The number of likely N-dealkylation sites (N-methyl/N-ethyl adjacent to an activating group) is 1. The zero-order chi connectivity index (χ0) is 12.1. The number of morpholine rings is 1.